The smallest absolute Gasteiger partial charge is 0.260 e. The molecule has 0 saturated carbocycles. The number of hydrogen-bond donors (Lipinski definition) is 1. The van der Waals surface area contributed by atoms with Crippen LogP contribution >= 0.6 is 0 Å². The molecule has 1 aromatic heterocycles. The van der Waals surface area contributed by atoms with E-state index in [0.717, 1.165) is 19.5 Å². The normalized spacial score (nSPS) is 21.2. The summed E-state index contributed by atoms with van der Waals surface area (Å²) in [6.45, 7) is 3.96. The molecule has 0 aromatic carbocycles. The van der Waals surface area contributed by atoms with Crippen LogP contribution in [0.15, 0.2) is 17.3 Å². The summed E-state index contributed by atoms with van der Waals surface area (Å²) >= 11 is 0. The van der Waals surface area contributed by atoms with E-state index >= 15 is 0 Å². The van der Waals surface area contributed by atoms with Gasteiger partial charge in [-0.25, -0.2) is 8.42 Å². The van der Waals surface area contributed by atoms with E-state index in [1.807, 2.05) is 6.92 Å². The zero-order valence-electron chi connectivity index (χ0n) is 10.1. The van der Waals surface area contributed by atoms with Gasteiger partial charge in [0.1, 0.15) is 0 Å². The summed E-state index contributed by atoms with van der Waals surface area (Å²) < 4.78 is 27.9. The van der Waals surface area contributed by atoms with Crippen molar-refractivity contribution in [3.05, 3.63) is 12.3 Å². The van der Waals surface area contributed by atoms with Crippen molar-refractivity contribution in [2.24, 2.45) is 7.05 Å². The van der Waals surface area contributed by atoms with Crippen molar-refractivity contribution < 1.29 is 8.42 Å². The van der Waals surface area contributed by atoms with E-state index in [2.05, 4.69) is 10.4 Å². The Bertz CT molecular complexity index is 476. The maximum atomic E-state index is 12.5. The summed E-state index contributed by atoms with van der Waals surface area (Å²) in [4.78, 5) is 0. The first-order chi connectivity index (χ1) is 8.07. The minimum Gasteiger partial charge on any atom is -0.315 e. The highest BCUT2D eigenvalue weighted by Gasteiger charge is 2.33. The molecule has 1 atom stereocenters. The second kappa shape index (κ2) is 4.75. The molecule has 2 heterocycles. The van der Waals surface area contributed by atoms with E-state index in [1.165, 1.54) is 10.9 Å². The van der Waals surface area contributed by atoms with Crippen LogP contribution in [0.3, 0.4) is 0 Å². The van der Waals surface area contributed by atoms with Crippen LogP contribution in [0.5, 0.6) is 0 Å². The lowest BCUT2D eigenvalue weighted by molar-refractivity contribution is 0.345. The predicted molar refractivity (Wildman–Crippen MR) is 64.0 cm³/mol. The Balaban J connectivity index is 2.33. The van der Waals surface area contributed by atoms with Crippen molar-refractivity contribution in [2.45, 2.75) is 24.4 Å². The summed E-state index contributed by atoms with van der Waals surface area (Å²) in [5.41, 5.74) is 0. The summed E-state index contributed by atoms with van der Waals surface area (Å²) in [5.74, 6) is 0. The number of nitrogens with one attached hydrogen (secondary N) is 1. The van der Waals surface area contributed by atoms with Crippen LogP contribution in [-0.4, -0.2) is 48.2 Å². The molecule has 1 N–H and O–H groups in total. The Morgan fingerprint density at radius 2 is 2.41 bits per heavy atom. The molecule has 17 heavy (non-hydrogen) atoms. The maximum absolute atomic E-state index is 12.5. The predicted octanol–water partition coefficient (Wildman–Crippen LogP) is -0.207. The van der Waals surface area contributed by atoms with Gasteiger partial charge in [-0.15, -0.1) is 0 Å². The molecule has 2 rings (SSSR count). The highest BCUT2D eigenvalue weighted by atomic mass is 32.2. The molecule has 96 valence electrons. The van der Waals surface area contributed by atoms with E-state index < -0.39 is 10.0 Å². The van der Waals surface area contributed by atoms with Crippen molar-refractivity contribution in [2.75, 3.05) is 19.6 Å². The van der Waals surface area contributed by atoms with Crippen molar-refractivity contribution >= 4 is 10.0 Å². The maximum Gasteiger partial charge on any atom is 0.260 e. The third-order valence-corrected chi connectivity index (χ3v) is 5.20. The molecule has 1 aliphatic heterocycles. The van der Waals surface area contributed by atoms with Gasteiger partial charge in [-0.05, 0) is 19.0 Å². The first-order valence-corrected chi connectivity index (χ1v) is 7.22. The van der Waals surface area contributed by atoms with Crippen LogP contribution in [0.1, 0.15) is 13.3 Å². The molecular formula is C10H18N4O2S. The highest BCUT2D eigenvalue weighted by Crippen LogP contribution is 2.19. The second-order valence-electron chi connectivity index (χ2n) is 4.15. The fraction of sp³-hybridized carbons (Fsp3) is 0.700. The van der Waals surface area contributed by atoms with Crippen LogP contribution in [-0.2, 0) is 17.1 Å². The molecule has 1 aromatic rings. The minimum atomic E-state index is -3.43. The Labute approximate surface area is 102 Å². The lowest BCUT2D eigenvalue weighted by Crippen LogP contribution is -2.41. The van der Waals surface area contributed by atoms with Gasteiger partial charge in [0.05, 0.1) is 6.20 Å². The van der Waals surface area contributed by atoms with E-state index in [0.29, 0.717) is 6.54 Å². The second-order valence-corrected chi connectivity index (χ2v) is 5.99. The van der Waals surface area contributed by atoms with Gasteiger partial charge in [-0.3, -0.25) is 4.68 Å². The Morgan fingerprint density at radius 3 is 2.88 bits per heavy atom. The minimum absolute atomic E-state index is 0.0555. The first kappa shape index (κ1) is 12.5. The Kier molecular flexibility index (Phi) is 3.50. The van der Waals surface area contributed by atoms with Gasteiger partial charge in [-0.1, -0.05) is 6.92 Å². The van der Waals surface area contributed by atoms with Gasteiger partial charge in [0.15, 0.2) is 5.03 Å². The zero-order chi connectivity index (χ0) is 12.5. The number of rotatable bonds is 4. The van der Waals surface area contributed by atoms with Crippen LogP contribution in [0.2, 0.25) is 0 Å². The molecule has 0 radical (unpaired) electrons. The van der Waals surface area contributed by atoms with Crippen molar-refractivity contribution in [1.29, 1.82) is 0 Å². The van der Waals surface area contributed by atoms with Crippen LogP contribution in [0.4, 0.5) is 0 Å². The summed E-state index contributed by atoms with van der Waals surface area (Å²) in [5, 5.41) is 7.37. The topological polar surface area (TPSA) is 67.2 Å². The summed E-state index contributed by atoms with van der Waals surface area (Å²) in [6, 6.07) is 1.60. The fourth-order valence-corrected chi connectivity index (χ4v) is 4.01. The Morgan fingerprint density at radius 1 is 1.65 bits per heavy atom. The van der Waals surface area contributed by atoms with E-state index in [9.17, 15) is 8.42 Å². The molecule has 0 amide bonds. The largest absolute Gasteiger partial charge is 0.315 e. The molecule has 1 unspecified atom stereocenters. The number of aromatic nitrogens is 2. The Hall–Kier alpha value is -0.920. The average Bonchev–Trinajstić information content (AvgIpc) is 2.89. The SMILES string of the molecule is CCN(C1CCNC1)S(=O)(=O)c1ccnn1C. The molecule has 1 saturated heterocycles. The van der Waals surface area contributed by atoms with Gasteiger partial charge >= 0.3 is 0 Å². The van der Waals surface area contributed by atoms with Crippen LogP contribution in [0.25, 0.3) is 0 Å². The molecule has 6 nitrogen and oxygen atoms in total. The van der Waals surface area contributed by atoms with Gasteiger partial charge in [0, 0.05) is 26.2 Å². The van der Waals surface area contributed by atoms with E-state index in [1.54, 1.807) is 17.4 Å². The van der Waals surface area contributed by atoms with Crippen LogP contribution in [0, 0.1) is 0 Å². The van der Waals surface area contributed by atoms with E-state index in [4.69, 9.17) is 0 Å². The molecule has 1 fully saturated rings. The summed E-state index contributed by atoms with van der Waals surface area (Å²) in [7, 11) is -1.78. The van der Waals surface area contributed by atoms with Gasteiger partial charge in [0.25, 0.3) is 10.0 Å². The molecule has 0 bridgehead atoms. The quantitative estimate of drug-likeness (QED) is 0.811. The number of aryl methyl sites for hydroxylation is 1. The van der Waals surface area contributed by atoms with Gasteiger partial charge in [0.2, 0.25) is 0 Å². The third kappa shape index (κ3) is 2.22. The lowest BCUT2D eigenvalue weighted by atomic mass is 10.3. The first-order valence-electron chi connectivity index (χ1n) is 5.78. The van der Waals surface area contributed by atoms with Crippen molar-refractivity contribution in [3.8, 4) is 0 Å². The lowest BCUT2D eigenvalue weighted by Gasteiger charge is -2.25. The van der Waals surface area contributed by atoms with Crippen molar-refractivity contribution in [1.82, 2.24) is 19.4 Å². The number of hydrogen-bond acceptors (Lipinski definition) is 4. The summed E-state index contributed by atoms with van der Waals surface area (Å²) in [6.07, 6.45) is 2.37. The standard InChI is InChI=1S/C10H18N4O2S/c1-3-14(9-4-6-11-8-9)17(15,16)10-5-7-12-13(10)2/h5,7,9,11H,3-4,6,8H2,1-2H3. The van der Waals surface area contributed by atoms with Crippen LogP contribution < -0.4 is 5.32 Å². The zero-order valence-corrected chi connectivity index (χ0v) is 10.9. The molecule has 7 heteroatoms. The van der Waals surface area contributed by atoms with Gasteiger partial charge < -0.3 is 5.32 Å². The monoisotopic (exact) mass is 258 g/mol. The molecule has 0 spiro atoms. The number of sulfonamides is 1. The van der Waals surface area contributed by atoms with Crippen molar-refractivity contribution in [3.63, 3.8) is 0 Å². The number of likely N-dealkylation sites (N-methyl/N-ethyl adjacent to an activating group) is 1. The number of nitrogens with zero attached hydrogens (tertiary/aromatic N) is 3. The van der Waals surface area contributed by atoms with Gasteiger partial charge in [-0.2, -0.15) is 9.40 Å². The van der Waals surface area contributed by atoms with E-state index in [-0.39, 0.29) is 11.1 Å². The average molecular weight is 258 g/mol. The fourth-order valence-electron chi connectivity index (χ4n) is 2.24. The third-order valence-electron chi connectivity index (χ3n) is 3.10. The molecule has 1 aliphatic rings. The molecule has 0 aliphatic carbocycles. The molecular weight excluding hydrogens is 240 g/mol. The highest BCUT2D eigenvalue weighted by molar-refractivity contribution is 7.89.